The Bertz CT molecular complexity index is 1250. The fourth-order valence-electron chi connectivity index (χ4n) is 4.31. The normalized spacial score (nSPS) is 16.1. The smallest absolute Gasteiger partial charge is 0.255 e. The van der Waals surface area contributed by atoms with Crippen molar-refractivity contribution in [3.05, 3.63) is 94.5 Å². The molecule has 3 heterocycles. The molecule has 174 valence electrons. The molecule has 0 aliphatic carbocycles. The van der Waals surface area contributed by atoms with Crippen molar-refractivity contribution in [2.75, 3.05) is 24.5 Å². The number of nitrogens with one attached hydrogen (secondary N) is 2. The summed E-state index contributed by atoms with van der Waals surface area (Å²) in [6.07, 6.45) is 3.67. The zero-order valence-corrected chi connectivity index (χ0v) is 19.0. The molecule has 0 fully saturated rings. The highest BCUT2D eigenvalue weighted by atomic mass is 16.1. The van der Waals surface area contributed by atoms with Crippen LogP contribution in [0.25, 0.3) is 11.3 Å². The minimum Gasteiger partial charge on any atom is -0.355 e. The largest absolute Gasteiger partial charge is 0.355 e. The lowest BCUT2D eigenvalue weighted by Gasteiger charge is -2.34. The molecule has 2 aliphatic rings. The van der Waals surface area contributed by atoms with Gasteiger partial charge in [0, 0.05) is 37.3 Å². The number of fused-ring (bicyclic) bond motifs is 1. The van der Waals surface area contributed by atoms with Crippen LogP contribution in [0.15, 0.2) is 88.4 Å². The lowest BCUT2D eigenvalue weighted by atomic mass is 10.1. The molecule has 0 spiro atoms. The van der Waals surface area contributed by atoms with E-state index >= 15 is 0 Å². The van der Waals surface area contributed by atoms with Gasteiger partial charge in [-0.25, -0.2) is 9.98 Å². The van der Waals surface area contributed by atoms with Crippen LogP contribution in [0.4, 0.5) is 5.95 Å². The van der Waals surface area contributed by atoms with E-state index in [0.717, 1.165) is 30.8 Å². The average molecular weight is 456 g/mol. The van der Waals surface area contributed by atoms with Gasteiger partial charge >= 0.3 is 0 Å². The second kappa shape index (κ2) is 9.93. The molecule has 2 aromatic carbocycles. The molecule has 3 aromatic rings. The summed E-state index contributed by atoms with van der Waals surface area (Å²) in [7, 11) is 0. The Morgan fingerprint density at radius 2 is 1.82 bits per heavy atom. The number of guanidine groups is 1. The lowest BCUT2D eigenvalue weighted by molar-refractivity contribution is 0.546. The van der Waals surface area contributed by atoms with Crippen molar-refractivity contribution in [3.8, 4) is 11.3 Å². The summed E-state index contributed by atoms with van der Waals surface area (Å²) in [5.74, 6) is 2.21. The van der Waals surface area contributed by atoms with Crippen LogP contribution in [0.2, 0.25) is 0 Å². The van der Waals surface area contributed by atoms with Crippen LogP contribution in [-0.4, -0.2) is 41.2 Å². The van der Waals surface area contributed by atoms with E-state index < -0.39 is 0 Å². The van der Waals surface area contributed by atoms with E-state index in [4.69, 9.17) is 10.7 Å². The van der Waals surface area contributed by atoms with Crippen LogP contribution in [0.5, 0.6) is 0 Å². The van der Waals surface area contributed by atoms with E-state index in [9.17, 15) is 4.79 Å². The maximum absolute atomic E-state index is 12.9. The maximum Gasteiger partial charge on any atom is 0.255 e. The molecular formula is C26H29N7O. The van der Waals surface area contributed by atoms with Crippen molar-refractivity contribution in [1.29, 1.82) is 0 Å². The number of aliphatic imine (C=N–C) groups is 1. The molecule has 8 heteroatoms. The topological polar surface area (TPSA) is 101 Å². The van der Waals surface area contributed by atoms with Crippen LogP contribution in [0.1, 0.15) is 12.0 Å². The monoisotopic (exact) mass is 455 g/mol. The summed E-state index contributed by atoms with van der Waals surface area (Å²) in [6, 6.07) is 21.6. The van der Waals surface area contributed by atoms with E-state index in [1.807, 2.05) is 54.6 Å². The highest BCUT2D eigenvalue weighted by Crippen LogP contribution is 2.24. The van der Waals surface area contributed by atoms with Gasteiger partial charge in [0.25, 0.3) is 5.56 Å². The molecule has 0 saturated carbocycles. The Labute approximate surface area is 198 Å². The van der Waals surface area contributed by atoms with E-state index in [1.54, 1.807) is 10.6 Å². The predicted octanol–water partition coefficient (Wildman–Crippen LogP) is 2.08. The predicted molar refractivity (Wildman–Crippen MR) is 136 cm³/mol. The first-order valence-electron chi connectivity index (χ1n) is 11.7. The summed E-state index contributed by atoms with van der Waals surface area (Å²) >= 11 is 0. The first-order valence-corrected chi connectivity index (χ1v) is 11.7. The third-order valence-electron chi connectivity index (χ3n) is 6.01. The van der Waals surface area contributed by atoms with Gasteiger partial charge in [-0.2, -0.15) is 0 Å². The SMILES string of the molecule is NC(CNC1=NCC=C(N2CCCn3c2nc(-c2ccccc2)cc3=O)N1)Cc1ccccc1. The van der Waals surface area contributed by atoms with Crippen LogP contribution in [-0.2, 0) is 13.0 Å². The molecule has 2 aliphatic heterocycles. The third kappa shape index (κ3) is 4.87. The standard InChI is InChI=1S/C26H29N7O/c27-21(16-19-8-3-1-4-9-19)18-29-25-28-13-12-23(31-25)32-14-7-15-33-24(34)17-22(30-26(32)33)20-10-5-2-6-11-20/h1-6,8-12,17,21H,7,13-16,18,27H2,(H2,28,29,31). The highest BCUT2D eigenvalue weighted by molar-refractivity contribution is 5.83. The second-order valence-electron chi connectivity index (χ2n) is 8.54. The number of rotatable bonds is 6. The Kier molecular flexibility index (Phi) is 6.40. The maximum atomic E-state index is 12.9. The van der Waals surface area contributed by atoms with Gasteiger partial charge in [0.2, 0.25) is 5.95 Å². The second-order valence-corrected chi connectivity index (χ2v) is 8.54. The van der Waals surface area contributed by atoms with E-state index in [0.29, 0.717) is 37.2 Å². The van der Waals surface area contributed by atoms with Crippen LogP contribution in [0, 0.1) is 0 Å². The summed E-state index contributed by atoms with van der Waals surface area (Å²) in [5, 5.41) is 6.72. The highest BCUT2D eigenvalue weighted by Gasteiger charge is 2.25. The summed E-state index contributed by atoms with van der Waals surface area (Å²) in [5.41, 5.74) is 9.12. The molecule has 4 N–H and O–H groups in total. The van der Waals surface area contributed by atoms with Gasteiger partial charge in [0.15, 0.2) is 5.96 Å². The van der Waals surface area contributed by atoms with Gasteiger partial charge in [-0.3, -0.25) is 14.3 Å². The van der Waals surface area contributed by atoms with Crippen molar-refractivity contribution >= 4 is 11.9 Å². The average Bonchev–Trinajstić information content (AvgIpc) is 2.88. The molecule has 1 atom stereocenters. The van der Waals surface area contributed by atoms with Crippen molar-refractivity contribution in [1.82, 2.24) is 20.2 Å². The molecular weight excluding hydrogens is 426 g/mol. The summed E-state index contributed by atoms with van der Waals surface area (Å²) in [4.78, 5) is 24.4. The molecule has 5 rings (SSSR count). The number of nitrogens with zero attached hydrogens (tertiary/aromatic N) is 4. The number of hydrogen-bond donors (Lipinski definition) is 3. The van der Waals surface area contributed by atoms with Gasteiger partial charge in [-0.05, 0) is 24.5 Å². The lowest BCUT2D eigenvalue weighted by Crippen LogP contribution is -2.49. The minimum atomic E-state index is -0.0381. The molecule has 0 radical (unpaired) electrons. The van der Waals surface area contributed by atoms with E-state index in [1.165, 1.54) is 5.56 Å². The zero-order chi connectivity index (χ0) is 23.3. The molecule has 1 unspecified atom stereocenters. The molecule has 0 amide bonds. The zero-order valence-electron chi connectivity index (χ0n) is 19.0. The molecule has 8 nitrogen and oxygen atoms in total. The quantitative estimate of drug-likeness (QED) is 0.526. The van der Waals surface area contributed by atoms with Crippen molar-refractivity contribution in [3.63, 3.8) is 0 Å². The summed E-state index contributed by atoms with van der Waals surface area (Å²) in [6.45, 7) is 2.57. The van der Waals surface area contributed by atoms with Gasteiger partial charge in [0.05, 0.1) is 12.2 Å². The number of benzene rings is 2. The Hall–Kier alpha value is -3.91. The van der Waals surface area contributed by atoms with Crippen LogP contribution >= 0.6 is 0 Å². The van der Waals surface area contributed by atoms with Gasteiger partial charge in [-0.15, -0.1) is 0 Å². The van der Waals surface area contributed by atoms with Crippen LogP contribution in [0.3, 0.4) is 0 Å². The fourth-order valence-corrected chi connectivity index (χ4v) is 4.31. The van der Waals surface area contributed by atoms with Gasteiger partial charge < -0.3 is 16.4 Å². The minimum absolute atomic E-state index is 0.0364. The Morgan fingerprint density at radius 3 is 2.62 bits per heavy atom. The van der Waals surface area contributed by atoms with Crippen molar-refractivity contribution in [2.45, 2.75) is 25.4 Å². The van der Waals surface area contributed by atoms with Crippen LogP contribution < -0.4 is 26.8 Å². The Balaban J connectivity index is 1.29. The summed E-state index contributed by atoms with van der Waals surface area (Å²) < 4.78 is 1.74. The van der Waals surface area contributed by atoms with Crippen molar-refractivity contribution < 1.29 is 0 Å². The van der Waals surface area contributed by atoms with Crippen molar-refractivity contribution in [2.24, 2.45) is 10.7 Å². The van der Waals surface area contributed by atoms with Gasteiger partial charge in [-0.1, -0.05) is 60.7 Å². The molecule has 1 aromatic heterocycles. The number of hydrogen-bond acceptors (Lipinski definition) is 7. The van der Waals surface area contributed by atoms with E-state index in [2.05, 4.69) is 32.7 Å². The van der Waals surface area contributed by atoms with E-state index in [-0.39, 0.29) is 11.6 Å². The molecule has 34 heavy (non-hydrogen) atoms. The number of aromatic nitrogens is 2. The Morgan fingerprint density at radius 1 is 1.06 bits per heavy atom. The van der Waals surface area contributed by atoms with Gasteiger partial charge in [0.1, 0.15) is 5.82 Å². The first kappa shape index (κ1) is 21.9. The third-order valence-corrected chi connectivity index (χ3v) is 6.01. The molecule has 0 saturated heterocycles. The first-order chi connectivity index (χ1) is 16.7. The fraction of sp³-hybridized carbons (Fsp3) is 0.269. The molecule has 0 bridgehead atoms. The number of anilines is 1. The number of nitrogens with two attached hydrogens (primary N) is 1.